The number of hydrogen-bond acceptors (Lipinski definition) is 5. The molecule has 0 fully saturated rings. The van der Waals surface area contributed by atoms with Crippen LogP contribution in [-0.2, 0) is 16.3 Å². The van der Waals surface area contributed by atoms with Crippen molar-refractivity contribution >= 4 is 26.3 Å². The first kappa shape index (κ1) is 12.6. The Kier molecular flexibility index (Phi) is 2.69. The van der Waals surface area contributed by atoms with Gasteiger partial charge in [-0.05, 0) is 11.6 Å². The Morgan fingerprint density at radius 2 is 2.05 bits per heavy atom. The zero-order valence-corrected chi connectivity index (χ0v) is 12.6. The van der Waals surface area contributed by atoms with Gasteiger partial charge in [0.15, 0.2) is 15.0 Å². The predicted octanol–water partition coefficient (Wildman–Crippen LogP) is 2.18. The van der Waals surface area contributed by atoms with Gasteiger partial charge in [-0.15, -0.1) is 11.3 Å². The minimum absolute atomic E-state index is 0.432. The first-order valence-electron chi connectivity index (χ1n) is 5.87. The second kappa shape index (κ2) is 4.05. The molecule has 1 heterocycles. The van der Waals surface area contributed by atoms with Crippen LogP contribution in [0.4, 0.5) is 5.13 Å². The number of thiazole rings is 1. The van der Waals surface area contributed by atoms with Crippen LogP contribution in [0, 0.1) is 0 Å². The summed E-state index contributed by atoms with van der Waals surface area (Å²) >= 11 is 1.63. The fraction of sp³-hybridized carbons (Fsp3) is 0.308. The zero-order chi connectivity index (χ0) is 13.8. The normalized spacial score (nSPS) is 13.2. The molecule has 0 amide bonds. The van der Waals surface area contributed by atoms with Crippen LogP contribution in [0.3, 0.4) is 0 Å². The molecule has 1 aliphatic carbocycles. The lowest BCUT2D eigenvalue weighted by molar-refractivity contribution is 0.601. The van der Waals surface area contributed by atoms with Crippen molar-refractivity contribution in [3.63, 3.8) is 0 Å². The molecule has 0 atom stereocenters. The summed E-state index contributed by atoms with van der Waals surface area (Å²) in [5.74, 6) is 0. The molecule has 1 aliphatic rings. The van der Waals surface area contributed by atoms with E-state index in [9.17, 15) is 8.42 Å². The molecule has 4 nitrogen and oxygen atoms in total. The molecule has 0 N–H and O–H groups in total. The van der Waals surface area contributed by atoms with Crippen molar-refractivity contribution in [2.24, 2.45) is 0 Å². The van der Waals surface area contributed by atoms with E-state index in [4.69, 9.17) is 0 Å². The quantitative estimate of drug-likeness (QED) is 0.727. The summed E-state index contributed by atoms with van der Waals surface area (Å²) in [5, 5.41) is 0.959. The summed E-state index contributed by atoms with van der Waals surface area (Å²) in [6.07, 6.45) is 1.92. The van der Waals surface area contributed by atoms with E-state index in [-0.39, 0.29) is 0 Å². The number of nitrogens with zero attached hydrogens (tertiary/aromatic N) is 2. The molecule has 0 unspecified atom stereocenters. The molecule has 0 radical (unpaired) electrons. The van der Waals surface area contributed by atoms with Gasteiger partial charge in [0.25, 0.3) is 0 Å². The number of hydrogen-bond donors (Lipinski definition) is 0. The highest BCUT2D eigenvalue weighted by Gasteiger charge is 2.28. The van der Waals surface area contributed by atoms with Gasteiger partial charge < -0.3 is 4.90 Å². The topological polar surface area (TPSA) is 50.3 Å². The first-order valence-corrected chi connectivity index (χ1v) is 8.58. The van der Waals surface area contributed by atoms with Crippen molar-refractivity contribution < 1.29 is 8.42 Å². The molecule has 1 aromatic heterocycles. The van der Waals surface area contributed by atoms with Crippen LogP contribution in [0.5, 0.6) is 0 Å². The Labute approximate surface area is 116 Å². The third-order valence-corrected chi connectivity index (χ3v) is 5.60. The summed E-state index contributed by atoms with van der Waals surface area (Å²) in [4.78, 5) is 8.16. The highest BCUT2D eigenvalue weighted by molar-refractivity contribution is 7.90. The monoisotopic (exact) mass is 294 g/mol. The second-order valence-electron chi connectivity index (χ2n) is 4.89. The van der Waals surface area contributed by atoms with Crippen LogP contribution in [0.15, 0.2) is 23.1 Å². The van der Waals surface area contributed by atoms with Crippen LogP contribution in [0.25, 0.3) is 11.3 Å². The van der Waals surface area contributed by atoms with E-state index < -0.39 is 9.84 Å². The molecule has 0 aliphatic heterocycles. The van der Waals surface area contributed by atoms with Gasteiger partial charge >= 0.3 is 0 Å². The molecule has 100 valence electrons. The number of anilines is 1. The van der Waals surface area contributed by atoms with Crippen molar-refractivity contribution in [1.82, 2.24) is 4.98 Å². The third kappa shape index (κ3) is 1.95. The number of benzene rings is 1. The van der Waals surface area contributed by atoms with Crippen LogP contribution in [0.1, 0.15) is 10.4 Å². The smallest absolute Gasteiger partial charge is 0.185 e. The Hall–Kier alpha value is -1.40. The van der Waals surface area contributed by atoms with Crippen molar-refractivity contribution in [2.45, 2.75) is 11.3 Å². The maximum Gasteiger partial charge on any atom is 0.185 e. The maximum absolute atomic E-state index is 11.8. The second-order valence-corrected chi connectivity index (χ2v) is 7.94. The van der Waals surface area contributed by atoms with E-state index in [1.54, 1.807) is 23.5 Å². The Morgan fingerprint density at radius 3 is 2.68 bits per heavy atom. The average Bonchev–Trinajstić information content (AvgIpc) is 2.83. The lowest BCUT2D eigenvalue weighted by atomic mass is 10.1. The highest BCUT2D eigenvalue weighted by atomic mass is 32.2. The number of sulfone groups is 1. The standard InChI is InChI=1S/C13H14N2O2S2/c1-15(2)13-14-12-8-5-4-6-11(19(3,16)17)9(8)7-10(12)18-13/h4-6H,7H2,1-3H3. The van der Waals surface area contributed by atoms with E-state index in [1.165, 1.54) is 6.26 Å². The summed E-state index contributed by atoms with van der Waals surface area (Å²) in [6, 6.07) is 5.42. The highest BCUT2D eigenvalue weighted by Crippen LogP contribution is 2.43. The van der Waals surface area contributed by atoms with Gasteiger partial charge in [-0.1, -0.05) is 12.1 Å². The minimum atomic E-state index is -3.18. The molecule has 1 aromatic carbocycles. The van der Waals surface area contributed by atoms with Crippen molar-refractivity contribution in [2.75, 3.05) is 25.3 Å². The summed E-state index contributed by atoms with van der Waals surface area (Å²) in [5.41, 5.74) is 2.79. The summed E-state index contributed by atoms with van der Waals surface area (Å²) in [6.45, 7) is 0. The van der Waals surface area contributed by atoms with Crippen LogP contribution < -0.4 is 4.90 Å². The van der Waals surface area contributed by atoms with Gasteiger partial charge in [0.2, 0.25) is 0 Å². The summed E-state index contributed by atoms with van der Waals surface area (Å²) in [7, 11) is 0.737. The maximum atomic E-state index is 11.8. The average molecular weight is 294 g/mol. The molecule has 19 heavy (non-hydrogen) atoms. The van der Waals surface area contributed by atoms with Gasteiger partial charge in [0, 0.05) is 37.2 Å². The molecular formula is C13H14N2O2S2. The lowest BCUT2D eigenvalue weighted by Crippen LogP contribution is -2.08. The zero-order valence-electron chi connectivity index (χ0n) is 11.0. The van der Waals surface area contributed by atoms with Gasteiger partial charge in [-0.25, -0.2) is 13.4 Å². The molecule has 3 rings (SSSR count). The van der Waals surface area contributed by atoms with Crippen LogP contribution >= 0.6 is 11.3 Å². The van der Waals surface area contributed by atoms with Gasteiger partial charge in [0.05, 0.1) is 10.6 Å². The molecule has 0 saturated heterocycles. The molecule has 6 heteroatoms. The van der Waals surface area contributed by atoms with E-state index >= 15 is 0 Å². The first-order chi connectivity index (χ1) is 8.88. The predicted molar refractivity (Wildman–Crippen MR) is 77.8 cm³/mol. The van der Waals surface area contributed by atoms with Gasteiger partial charge in [0.1, 0.15) is 0 Å². The van der Waals surface area contributed by atoms with Crippen molar-refractivity contribution in [3.05, 3.63) is 28.6 Å². The largest absolute Gasteiger partial charge is 0.354 e. The third-order valence-electron chi connectivity index (χ3n) is 3.19. The Morgan fingerprint density at radius 1 is 1.32 bits per heavy atom. The summed E-state index contributed by atoms with van der Waals surface area (Å²) < 4.78 is 23.6. The van der Waals surface area contributed by atoms with Crippen LogP contribution in [-0.4, -0.2) is 33.8 Å². The fourth-order valence-electron chi connectivity index (χ4n) is 2.34. The lowest BCUT2D eigenvalue weighted by Gasteiger charge is -2.08. The number of fused-ring (bicyclic) bond motifs is 3. The molecule has 2 aromatic rings. The van der Waals surface area contributed by atoms with E-state index in [2.05, 4.69) is 4.98 Å². The van der Waals surface area contributed by atoms with Gasteiger partial charge in [-0.3, -0.25) is 0 Å². The molecule has 0 saturated carbocycles. The fourth-order valence-corrected chi connectivity index (χ4v) is 4.30. The Balaban J connectivity index is 2.20. The van der Waals surface area contributed by atoms with Gasteiger partial charge in [-0.2, -0.15) is 0 Å². The Bertz CT molecular complexity index is 761. The van der Waals surface area contributed by atoms with E-state index in [0.717, 1.165) is 26.8 Å². The number of rotatable bonds is 2. The van der Waals surface area contributed by atoms with Crippen molar-refractivity contribution in [3.8, 4) is 11.3 Å². The molecule has 0 spiro atoms. The molecular weight excluding hydrogens is 280 g/mol. The molecule has 0 bridgehead atoms. The van der Waals surface area contributed by atoms with E-state index in [1.807, 2.05) is 25.1 Å². The van der Waals surface area contributed by atoms with Crippen LogP contribution in [0.2, 0.25) is 0 Å². The SMILES string of the molecule is CN(C)c1nc2c(s1)Cc1c-2cccc1S(C)(=O)=O. The number of aromatic nitrogens is 1. The minimum Gasteiger partial charge on any atom is -0.354 e. The van der Waals surface area contributed by atoms with E-state index in [0.29, 0.717) is 11.3 Å². The van der Waals surface area contributed by atoms with Crippen molar-refractivity contribution in [1.29, 1.82) is 0 Å².